The van der Waals surface area contributed by atoms with Crippen LogP contribution in [0.3, 0.4) is 0 Å². The highest BCUT2D eigenvalue weighted by Gasteiger charge is 2.31. The van der Waals surface area contributed by atoms with Crippen LogP contribution in [0.4, 0.5) is 4.39 Å². The lowest BCUT2D eigenvalue weighted by Gasteiger charge is -2.21. The van der Waals surface area contributed by atoms with Crippen LogP contribution in [0.15, 0.2) is 18.2 Å². The van der Waals surface area contributed by atoms with Gasteiger partial charge in [0, 0.05) is 18.7 Å². The van der Waals surface area contributed by atoms with Gasteiger partial charge in [0.15, 0.2) is 11.6 Å². The van der Waals surface area contributed by atoms with E-state index in [9.17, 15) is 14.3 Å². The SMILES string of the molecule is COc1cc(C(=O)NCC2(O)CCNC2)ccc1F. The molecule has 0 bridgehead atoms. The zero-order valence-electron chi connectivity index (χ0n) is 10.7. The third kappa shape index (κ3) is 3.21. The normalized spacial score (nSPS) is 22.3. The van der Waals surface area contributed by atoms with Crippen LogP contribution in [-0.2, 0) is 0 Å². The second-order valence-electron chi connectivity index (χ2n) is 4.68. The standard InChI is InChI=1S/C13H17FN2O3/c1-19-11-6-9(2-3-10(11)14)12(17)16-8-13(18)4-5-15-7-13/h2-3,6,15,18H,4-5,7-8H2,1H3,(H,16,17). The van der Waals surface area contributed by atoms with Gasteiger partial charge in [-0.05, 0) is 31.2 Å². The molecule has 1 atom stereocenters. The molecule has 1 aromatic carbocycles. The largest absolute Gasteiger partial charge is 0.494 e. The number of nitrogens with one attached hydrogen (secondary N) is 2. The number of ether oxygens (including phenoxy) is 1. The molecule has 2 rings (SSSR count). The van der Waals surface area contributed by atoms with Gasteiger partial charge in [0.2, 0.25) is 0 Å². The number of carbonyl (C=O) groups excluding carboxylic acids is 1. The van der Waals surface area contributed by atoms with E-state index in [0.717, 1.165) is 6.54 Å². The summed E-state index contributed by atoms with van der Waals surface area (Å²) >= 11 is 0. The molecule has 1 aliphatic rings. The van der Waals surface area contributed by atoms with Crippen LogP contribution in [0.1, 0.15) is 16.8 Å². The zero-order valence-corrected chi connectivity index (χ0v) is 10.7. The molecule has 1 unspecified atom stereocenters. The highest BCUT2D eigenvalue weighted by Crippen LogP contribution is 2.18. The smallest absolute Gasteiger partial charge is 0.251 e. The van der Waals surface area contributed by atoms with Crippen LogP contribution in [0.5, 0.6) is 5.75 Å². The molecular weight excluding hydrogens is 251 g/mol. The average molecular weight is 268 g/mol. The lowest BCUT2D eigenvalue weighted by atomic mass is 10.0. The Balaban J connectivity index is 1.99. The maximum absolute atomic E-state index is 13.2. The van der Waals surface area contributed by atoms with Gasteiger partial charge in [-0.2, -0.15) is 0 Å². The monoisotopic (exact) mass is 268 g/mol. The van der Waals surface area contributed by atoms with E-state index < -0.39 is 11.4 Å². The lowest BCUT2D eigenvalue weighted by Crippen LogP contribution is -2.44. The first-order valence-corrected chi connectivity index (χ1v) is 6.09. The number of hydrogen-bond acceptors (Lipinski definition) is 4. The molecule has 0 radical (unpaired) electrons. The topological polar surface area (TPSA) is 70.6 Å². The van der Waals surface area contributed by atoms with Crippen molar-refractivity contribution in [2.45, 2.75) is 12.0 Å². The molecular formula is C13H17FN2O3. The van der Waals surface area contributed by atoms with E-state index in [-0.39, 0.29) is 18.2 Å². The van der Waals surface area contributed by atoms with Crippen molar-refractivity contribution in [1.29, 1.82) is 0 Å². The van der Waals surface area contributed by atoms with E-state index in [1.807, 2.05) is 0 Å². The molecule has 0 aliphatic carbocycles. The molecule has 1 fully saturated rings. The molecule has 1 amide bonds. The van der Waals surface area contributed by atoms with Crippen molar-refractivity contribution < 1.29 is 19.0 Å². The number of benzene rings is 1. The Morgan fingerprint density at radius 3 is 3.05 bits per heavy atom. The summed E-state index contributed by atoms with van der Waals surface area (Å²) in [4.78, 5) is 11.9. The Labute approximate surface area is 110 Å². The average Bonchev–Trinajstić information content (AvgIpc) is 2.84. The van der Waals surface area contributed by atoms with Crippen molar-refractivity contribution in [3.63, 3.8) is 0 Å². The van der Waals surface area contributed by atoms with Crippen molar-refractivity contribution in [1.82, 2.24) is 10.6 Å². The molecule has 5 nitrogen and oxygen atoms in total. The van der Waals surface area contributed by atoms with E-state index in [0.29, 0.717) is 18.5 Å². The number of aliphatic hydroxyl groups is 1. The number of rotatable bonds is 4. The Morgan fingerprint density at radius 1 is 1.63 bits per heavy atom. The molecule has 0 aromatic heterocycles. The second-order valence-corrected chi connectivity index (χ2v) is 4.68. The lowest BCUT2D eigenvalue weighted by molar-refractivity contribution is 0.0562. The predicted molar refractivity (Wildman–Crippen MR) is 67.7 cm³/mol. The van der Waals surface area contributed by atoms with Crippen LogP contribution < -0.4 is 15.4 Å². The van der Waals surface area contributed by atoms with E-state index in [4.69, 9.17) is 4.74 Å². The van der Waals surface area contributed by atoms with Crippen LogP contribution in [-0.4, -0.2) is 43.4 Å². The fraction of sp³-hybridized carbons (Fsp3) is 0.462. The number of β-amino-alcohol motifs (C(OH)–C–C–N with tert-alkyl or cyclic N) is 1. The predicted octanol–water partition coefficient (Wildman–Crippen LogP) is 0.289. The number of methoxy groups -OCH3 is 1. The first-order valence-electron chi connectivity index (χ1n) is 6.09. The van der Waals surface area contributed by atoms with Gasteiger partial charge in [-0.25, -0.2) is 4.39 Å². The highest BCUT2D eigenvalue weighted by molar-refractivity contribution is 5.94. The summed E-state index contributed by atoms with van der Waals surface area (Å²) in [6, 6.07) is 3.89. The first kappa shape index (κ1) is 13.8. The summed E-state index contributed by atoms with van der Waals surface area (Å²) in [5, 5.41) is 15.7. The third-order valence-corrected chi connectivity index (χ3v) is 3.21. The number of amides is 1. The van der Waals surface area contributed by atoms with Gasteiger partial charge in [-0.1, -0.05) is 0 Å². The fourth-order valence-electron chi connectivity index (χ4n) is 2.03. The van der Waals surface area contributed by atoms with Crippen molar-refractivity contribution in [3.05, 3.63) is 29.6 Å². The van der Waals surface area contributed by atoms with Crippen molar-refractivity contribution >= 4 is 5.91 Å². The fourth-order valence-corrected chi connectivity index (χ4v) is 2.03. The maximum Gasteiger partial charge on any atom is 0.251 e. The van der Waals surface area contributed by atoms with Gasteiger partial charge < -0.3 is 20.5 Å². The maximum atomic E-state index is 13.2. The molecule has 1 aromatic rings. The number of carbonyl (C=O) groups is 1. The molecule has 1 heterocycles. The van der Waals surface area contributed by atoms with E-state index in [1.165, 1.54) is 25.3 Å². The van der Waals surface area contributed by atoms with Crippen LogP contribution in [0.25, 0.3) is 0 Å². The number of halogens is 1. The molecule has 0 saturated carbocycles. The molecule has 6 heteroatoms. The summed E-state index contributed by atoms with van der Waals surface area (Å²) in [6.07, 6.45) is 0.597. The van der Waals surface area contributed by atoms with Crippen molar-refractivity contribution in [3.8, 4) is 5.75 Å². The molecule has 1 aliphatic heterocycles. The summed E-state index contributed by atoms with van der Waals surface area (Å²) in [7, 11) is 1.34. The van der Waals surface area contributed by atoms with Crippen molar-refractivity contribution in [2.75, 3.05) is 26.7 Å². The minimum absolute atomic E-state index is 0.0221. The Hall–Kier alpha value is -1.66. The summed E-state index contributed by atoms with van der Waals surface area (Å²) in [5.41, 5.74) is -0.604. The molecule has 104 valence electrons. The van der Waals surface area contributed by atoms with Crippen LogP contribution in [0.2, 0.25) is 0 Å². The highest BCUT2D eigenvalue weighted by atomic mass is 19.1. The minimum atomic E-state index is -0.903. The third-order valence-electron chi connectivity index (χ3n) is 3.21. The Morgan fingerprint density at radius 2 is 2.42 bits per heavy atom. The molecule has 1 saturated heterocycles. The first-order chi connectivity index (χ1) is 9.04. The minimum Gasteiger partial charge on any atom is -0.494 e. The van der Waals surface area contributed by atoms with E-state index in [2.05, 4.69) is 10.6 Å². The van der Waals surface area contributed by atoms with Gasteiger partial charge in [0.25, 0.3) is 5.91 Å². The quantitative estimate of drug-likeness (QED) is 0.734. The summed E-state index contributed by atoms with van der Waals surface area (Å²) < 4.78 is 18.0. The summed E-state index contributed by atoms with van der Waals surface area (Å²) in [5.74, 6) is -0.856. The van der Waals surface area contributed by atoms with Crippen LogP contribution >= 0.6 is 0 Å². The molecule has 0 spiro atoms. The van der Waals surface area contributed by atoms with Gasteiger partial charge >= 0.3 is 0 Å². The number of hydrogen-bond donors (Lipinski definition) is 3. The zero-order chi connectivity index (χ0) is 13.9. The van der Waals surface area contributed by atoms with Gasteiger partial charge in [0.1, 0.15) is 0 Å². The van der Waals surface area contributed by atoms with Crippen LogP contribution in [0, 0.1) is 5.82 Å². The Bertz CT molecular complexity index is 473. The van der Waals surface area contributed by atoms with Gasteiger partial charge in [0.05, 0.1) is 12.7 Å². The Kier molecular flexibility index (Phi) is 4.01. The molecule has 3 N–H and O–H groups in total. The summed E-state index contributed by atoms with van der Waals surface area (Å²) in [6.45, 7) is 1.36. The van der Waals surface area contributed by atoms with Gasteiger partial charge in [-0.15, -0.1) is 0 Å². The van der Waals surface area contributed by atoms with Crippen molar-refractivity contribution in [2.24, 2.45) is 0 Å². The van der Waals surface area contributed by atoms with E-state index >= 15 is 0 Å². The van der Waals surface area contributed by atoms with E-state index in [1.54, 1.807) is 0 Å². The van der Waals surface area contributed by atoms with Gasteiger partial charge in [-0.3, -0.25) is 4.79 Å². The molecule has 19 heavy (non-hydrogen) atoms. The second kappa shape index (κ2) is 5.54.